The van der Waals surface area contributed by atoms with E-state index >= 15 is 0 Å². The van der Waals surface area contributed by atoms with Gasteiger partial charge in [-0.2, -0.15) is 0 Å². The number of hydrogen-bond acceptors (Lipinski definition) is 5. The zero-order chi connectivity index (χ0) is 18.5. The Labute approximate surface area is 156 Å². The van der Waals surface area contributed by atoms with E-state index < -0.39 is 5.66 Å². The largest absolute Gasteiger partial charge is 0.459 e. The molecule has 1 atom stereocenters. The zero-order valence-corrected chi connectivity index (χ0v) is 14.9. The van der Waals surface area contributed by atoms with E-state index in [9.17, 15) is 9.59 Å². The summed E-state index contributed by atoms with van der Waals surface area (Å²) in [5.74, 6) is 0.212. The highest BCUT2D eigenvalue weighted by Crippen LogP contribution is 2.43. The summed E-state index contributed by atoms with van der Waals surface area (Å²) >= 11 is 0. The van der Waals surface area contributed by atoms with E-state index in [0.717, 1.165) is 18.5 Å². The SMILES string of the molecule is O=C1N[C@]2(COC3(CCN(C(=O)c4ccco4)CC3)C2)Nc2ccccc21. The van der Waals surface area contributed by atoms with Crippen molar-refractivity contribution in [1.29, 1.82) is 0 Å². The predicted molar refractivity (Wildman–Crippen MR) is 97.4 cm³/mol. The van der Waals surface area contributed by atoms with Crippen LogP contribution in [0.25, 0.3) is 0 Å². The van der Waals surface area contributed by atoms with Crippen molar-refractivity contribution in [2.24, 2.45) is 0 Å². The van der Waals surface area contributed by atoms with Crippen molar-refractivity contribution in [2.45, 2.75) is 30.5 Å². The highest BCUT2D eigenvalue weighted by molar-refractivity contribution is 6.02. The van der Waals surface area contributed by atoms with Crippen molar-refractivity contribution in [3.8, 4) is 0 Å². The Morgan fingerprint density at radius 1 is 1.07 bits per heavy atom. The van der Waals surface area contributed by atoms with Crippen molar-refractivity contribution < 1.29 is 18.7 Å². The normalized spacial score (nSPS) is 25.9. The van der Waals surface area contributed by atoms with Gasteiger partial charge in [0.2, 0.25) is 0 Å². The molecule has 3 aliphatic heterocycles. The smallest absolute Gasteiger partial charge is 0.289 e. The summed E-state index contributed by atoms with van der Waals surface area (Å²) in [6, 6.07) is 10.9. The Bertz CT molecular complexity index is 886. The van der Waals surface area contributed by atoms with Crippen LogP contribution in [0.4, 0.5) is 5.69 Å². The number of piperidine rings is 1. The summed E-state index contributed by atoms with van der Waals surface area (Å²) in [4.78, 5) is 26.8. The highest BCUT2D eigenvalue weighted by atomic mass is 16.5. The number of furan rings is 1. The Balaban J connectivity index is 1.29. The van der Waals surface area contributed by atoms with Gasteiger partial charge in [-0.25, -0.2) is 0 Å². The number of anilines is 1. The summed E-state index contributed by atoms with van der Waals surface area (Å²) in [6.07, 6.45) is 3.67. The molecule has 1 aromatic carbocycles. The number of likely N-dealkylation sites (tertiary alicyclic amines) is 1. The fourth-order valence-corrected chi connectivity index (χ4v) is 4.45. The average molecular weight is 367 g/mol. The lowest BCUT2D eigenvalue weighted by Gasteiger charge is -2.40. The minimum absolute atomic E-state index is 0.0737. The number of para-hydroxylation sites is 1. The van der Waals surface area contributed by atoms with E-state index in [-0.39, 0.29) is 17.4 Å². The van der Waals surface area contributed by atoms with E-state index in [4.69, 9.17) is 9.15 Å². The molecule has 0 bridgehead atoms. The summed E-state index contributed by atoms with van der Waals surface area (Å²) in [7, 11) is 0. The second-order valence-electron chi connectivity index (χ2n) is 7.62. The first-order valence-corrected chi connectivity index (χ1v) is 9.25. The monoisotopic (exact) mass is 367 g/mol. The minimum Gasteiger partial charge on any atom is -0.459 e. The van der Waals surface area contributed by atoms with Crippen molar-refractivity contribution in [3.63, 3.8) is 0 Å². The Kier molecular flexibility index (Phi) is 3.55. The van der Waals surface area contributed by atoms with Crippen LogP contribution in [0.5, 0.6) is 0 Å². The maximum atomic E-state index is 12.5. The van der Waals surface area contributed by atoms with Crippen LogP contribution in [-0.4, -0.2) is 47.7 Å². The van der Waals surface area contributed by atoms with Crippen molar-refractivity contribution in [1.82, 2.24) is 10.2 Å². The molecule has 2 N–H and O–H groups in total. The zero-order valence-electron chi connectivity index (χ0n) is 14.9. The summed E-state index contributed by atoms with van der Waals surface area (Å²) in [5, 5.41) is 6.58. The van der Waals surface area contributed by atoms with E-state index in [1.807, 2.05) is 24.3 Å². The van der Waals surface area contributed by atoms with E-state index in [1.165, 1.54) is 6.26 Å². The first-order chi connectivity index (χ1) is 13.1. The van der Waals surface area contributed by atoms with Crippen LogP contribution in [0.15, 0.2) is 47.1 Å². The van der Waals surface area contributed by atoms with Gasteiger partial charge in [-0.15, -0.1) is 0 Å². The van der Waals surface area contributed by atoms with Crippen molar-refractivity contribution in [2.75, 3.05) is 25.0 Å². The van der Waals surface area contributed by atoms with Crippen LogP contribution < -0.4 is 10.6 Å². The second kappa shape index (κ2) is 5.85. The Morgan fingerprint density at radius 2 is 1.89 bits per heavy atom. The minimum atomic E-state index is -0.585. The molecule has 0 radical (unpaired) electrons. The molecule has 1 aromatic heterocycles. The molecule has 0 unspecified atom stereocenters. The molecular formula is C20H21N3O4. The molecule has 2 aromatic rings. The van der Waals surface area contributed by atoms with Crippen LogP contribution in [-0.2, 0) is 4.74 Å². The van der Waals surface area contributed by atoms with Crippen molar-refractivity contribution >= 4 is 17.5 Å². The summed E-state index contributed by atoms with van der Waals surface area (Å²) in [5.41, 5.74) is 0.584. The fourth-order valence-electron chi connectivity index (χ4n) is 4.45. The predicted octanol–water partition coefficient (Wildman–Crippen LogP) is 2.23. The molecule has 27 heavy (non-hydrogen) atoms. The molecule has 2 saturated heterocycles. The molecular weight excluding hydrogens is 346 g/mol. The van der Waals surface area contributed by atoms with Gasteiger partial charge >= 0.3 is 0 Å². The molecule has 2 amide bonds. The Hall–Kier alpha value is -2.80. The number of fused-ring (bicyclic) bond motifs is 1. The standard InChI is InChI=1S/C20H21N3O4/c24-17-14-4-1-2-5-15(14)21-20(22-17)12-19(27-13-20)7-9-23(10-8-19)18(25)16-6-3-11-26-16/h1-6,11,21H,7-10,12-13H2,(H,22,24)/t20-/m1/s1. The van der Waals surface area contributed by atoms with Crippen LogP contribution >= 0.6 is 0 Å². The second-order valence-corrected chi connectivity index (χ2v) is 7.62. The van der Waals surface area contributed by atoms with E-state index in [2.05, 4.69) is 10.6 Å². The highest BCUT2D eigenvalue weighted by Gasteiger charge is 2.53. The summed E-state index contributed by atoms with van der Waals surface area (Å²) in [6.45, 7) is 1.64. The van der Waals surface area contributed by atoms with Gasteiger partial charge in [-0.05, 0) is 37.1 Å². The van der Waals surface area contributed by atoms with Gasteiger partial charge in [-0.1, -0.05) is 12.1 Å². The Morgan fingerprint density at radius 3 is 2.67 bits per heavy atom. The van der Waals surface area contributed by atoms with Crippen LogP contribution in [0.1, 0.15) is 40.2 Å². The number of ether oxygens (including phenoxy) is 1. The lowest BCUT2D eigenvalue weighted by Crippen LogP contribution is -2.59. The molecule has 2 spiro atoms. The number of nitrogens with one attached hydrogen (secondary N) is 2. The van der Waals surface area contributed by atoms with Crippen LogP contribution in [0, 0.1) is 0 Å². The molecule has 140 valence electrons. The molecule has 5 rings (SSSR count). The maximum absolute atomic E-state index is 12.5. The van der Waals surface area contributed by atoms with E-state index in [0.29, 0.717) is 37.4 Å². The quantitative estimate of drug-likeness (QED) is 0.808. The van der Waals surface area contributed by atoms with Gasteiger partial charge in [-0.3, -0.25) is 9.59 Å². The molecule has 0 saturated carbocycles. The lowest BCUT2D eigenvalue weighted by molar-refractivity contribution is -0.0397. The lowest BCUT2D eigenvalue weighted by atomic mass is 9.84. The van der Waals surface area contributed by atoms with Crippen LogP contribution in [0.2, 0.25) is 0 Å². The average Bonchev–Trinajstić information content (AvgIpc) is 3.31. The first-order valence-electron chi connectivity index (χ1n) is 9.25. The number of rotatable bonds is 1. The van der Waals surface area contributed by atoms with E-state index in [1.54, 1.807) is 17.0 Å². The van der Waals surface area contributed by atoms with Gasteiger partial charge in [0.15, 0.2) is 5.76 Å². The molecule has 4 heterocycles. The third-order valence-electron chi connectivity index (χ3n) is 5.84. The molecule has 3 aliphatic rings. The molecule has 2 fully saturated rings. The van der Waals surface area contributed by atoms with Gasteiger partial charge in [0.05, 0.1) is 24.0 Å². The molecule has 0 aliphatic carbocycles. The topological polar surface area (TPSA) is 83.8 Å². The number of hydrogen-bond donors (Lipinski definition) is 2. The number of nitrogens with zero attached hydrogens (tertiary/aromatic N) is 1. The first kappa shape index (κ1) is 16.4. The fraction of sp³-hybridized carbons (Fsp3) is 0.400. The number of carbonyl (C=O) groups is 2. The van der Waals surface area contributed by atoms with Gasteiger partial charge < -0.3 is 24.7 Å². The van der Waals surface area contributed by atoms with Crippen molar-refractivity contribution in [3.05, 3.63) is 54.0 Å². The molecule has 7 heteroatoms. The number of carbonyl (C=O) groups excluding carboxylic acids is 2. The third kappa shape index (κ3) is 2.70. The molecule has 7 nitrogen and oxygen atoms in total. The van der Waals surface area contributed by atoms with Gasteiger partial charge in [0.25, 0.3) is 11.8 Å². The maximum Gasteiger partial charge on any atom is 0.289 e. The number of benzene rings is 1. The van der Waals surface area contributed by atoms with Gasteiger partial charge in [0, 0.05) is 25.2 Å². The van der Waals surface area contributed by atoms with Gasteiger partial charge in [0.1, 0.15) is 5.66 Å². The van der Waals surface area contributed by atoms with Crippen LogP contribution in [0.3, 0.4) is 0 Å². The number of amides is 2. The summed E-state index contributed by atoms with van der Waals surface area (Å²) < 4.78 is 11.4. The third-order valence-corrected chi connectivity index (χ3v) is 5.84.